The number of halogens is 1. The Hall–Kier alpha value is -3.00. The lowest BCUT2D eigenvalue weighted by Gasteiger charge is -2.30. The van der Waals surface area contributed by atoms with E-state index in [1.54, 1.807) is 28.0 Å². The number of fused-ring (bicyclic) bond motifs is 1. The summed E-state index contributed by atoms with van der Waals surface area (Å²) >= 11 is 0. The number of nitrogens with one attached hydrogen (secondary N) is 1. The molecule has 2 fully saturated rings. The predicted octanol–water partition coefficient (Wildman–Crippen LogP) is 1.43. The molecule has 0 spiro atoms. The molecule has 1 aromatic carbocycles. The number of nitrogens with zero attached hydrogens (tertiary/aromatic N) is 2. The van der Waals surface area contributed by atoms with Gasteiger partial charge in [0.05, 0.1) is 6.04 Å². The Morgan fingerprint density at radius 2 is 1.97 bits per heavy atom. The Kier molecular flexibility index (Phi) is 5.19. The van der Waals surface area contributed by atoms with Crippen LogP contribution in [0.25, 0.3) is 0 Å². The van der Waals surface area contributed by atoms with Crippen LogP contribution >= 0.6 is 0 Å². The number of pyridine rings is 1. The largest absolute Gasteiger partial charge is 0.375 e. The molecule has 3 heterocycles. The van der Waals surface area contributed by atoms with Crippen molar-refractivity contribution in [1.82, 2.24) is 14.8 Å². The molecule has 29 heavy (non-hydrogen) atoms. The number of amides is 2. The van der Waals surface area contributed by atoms with Gasteiger partial charge >= 0.3 is 0 Å². The van der Waals surface area contributed by atoms with E-state index in [1.807, 2.05) is 6.07 Å². The van der Waals surface area contributed by atoms with E-state index in [2.05, 4.69) is 4.98 Å². The lowest BCUT2D eigenvalue weighted by atomic mass is 9.89. The lowest BCUT2D eigenvalue weighted by Crippen LogP contribution is -2.39. The maximum Gasteiger partial charge on any atom is 0.270 e. The van der Waals surface area contributed by atoms with Crippen LogP contribution in [0.1, 0.15) is 22.1 Å². The first-order valence-electron chi connectivity index (χ1n) is 9.50. The molecule has 0 unspecified atom stereocenters. The molecule has 4 rings (SSSR count). The van der Waals surface area contributed by atoms with Gasteiger partial charge in [0, 0.05) is 44.6 Å². The minimum atomic E-state index is -0.363. The molecule has 2 aromatic rings. The first kappa shape index (κ1) is 19.3. The molecule has 7 nitrogen and oxygen atoms in total. The number of aromatic nitrogens is 1. The maximum absolute atomic E-state index is 13.9. The summed E-state index contributed by atoms with van der Waals surface area (Å²) in [4.78, 5) is 43.0. The van der Waals surface area contributed by atoms with Crippen LogP contribution in [0.15, 0.2) is 47.3 Å². The Morgan fingerprint density at radius 1 is 1.17 bits per heavy atom. The summed E-state index contributed by atoms with van der Waals surface area (Å²) < 4.78 is 18.9. The topological polar surface area (TPSA) is 82.7 Å². The fourth-order valence-corrected chi connectivity index (χ4v) is 4.53. The zero-order chi connectivity index (χ0) is 20.5. The molecule has 2 aliphatic heterocycles. The Bertz CT molecular complexity index is 992. The van der Waals surface area contributed by atoms with E-state index in [0.717, 1.165) is 0 Å². The molecule has 1 aromatic heterocycles. The maximum atomic E-state index is 13.9. The van der Waals surface area contributed by atoms with E-state index < -0.39 is 0 Å². The summed E-state index contributed by atoms with van der Waals surface area (Å²) in [7, 11) is 1.47. The Morgan fingerprint density at radius 3 is 2.69 bits per heavy atom. The van der Waals surface area contributed by atoms with Crippen molar-refractivity contribution >= 4 is 11.8 Å². The van der Waals surface area contributed by atoms with Gasteiger partial charge < -0.3 is 19.5 Å². The highest BCUT2D eigenvalue weighted by Gasteiger charge is 2.50. The second-order valence-electron chi connectivity index (χ2n) is 7.54. The van der Waals surface area contributed by atoms with Gasteiger partial charge in [-0.15, -0.1) is 0 Å². The number of aromatic amines is 1. The molecule has 2 saturated heterocycles. The van der Waals surface area contributed by atoms with Gasteiger partial charge in [0.1, 0.15) is 18.1 Å². The van der Waals surface area contributed by atoms with Crippen molar-refractivity contribution in [2.75, 3.05) is 33.4 Å². The third-order valence-electron chi connectivity index (χ3n) is 5.73. The van der Waals surface area contributed by atoms with Gasteiger partial charge in [-0.05, 0) is 23.8 Å². The van der Waals surface area contributed by atoms with Crippen molar-refractivity contribution in [3.63, 3.8) is 0 Å². The van der Waals surface area contributed by atoms with E-state index in [9.17, 15) is 18.8 Å². The van der Waals surface area contributed by atoms with Crippen molar-refractivity contribution in [2.45, 2.75) is 6.04 Å². The quantitative estimate of drug-likeness (QED) is 0.843. The van der Waals surface area contributed by atoms with Crippen molar-refractivity contribution in [3.8, 4) is 0 Å². The van der Waals surface area contributed by atoms with Crippen molar-refractivity contribution in [1.29, 1.82) is 0 Å². The highest BCUT2D eigenvalue weighted by atomic mass is 19.1. The Labute approximate surface area is 167 Å². The van der Waals surface area contributed by atoms with Crippen LogP contribution in [0.4, 0.5) is 4.39 Å². The molecular weight excluding hydrogens is 377 g/mol. The molecule has 0 radical (unpaired) electrons. The van der Waals surface area contributed by atoms with Crippen molar-refractivity contribution in [3.05, 3.63) is 69.9 Å². The molecule has 8 heteroatoms. The molecule has 0 aliphatic carbocycles. The lowest BCUT2D eigenvalue weighted by molar-refractivity contribution is -0.136. The third-order valence-corrected chi connectivity index (χ3v) is 5.73. The van der Waals surface area contributed by atoms with E-state index in [1.165, 1.54) is 25.3 Å². The van der Waals surface area contributed by atoms with Crippen LogP contribution in [-0.4, -0.2) is 59.9 Å². The first-order chi connectivity index (χ1) is 14.0. The number of hydrogen-bond donors (Lipinski definition) is 1. The van der Waals surface area contributed by atoms with Crippen LogP contribution in [0.2, 0.25) is 0 Å². The monoisotopic (exact) mass is 399 g/mol. The average Bonchev–Trinajstić information content (AvgIpc) is 3.25. The van der Waals surface area contributed by atoms with Crippen LogP contribution in [0.5, 0.6) is 0 Å². The summed E-state index contributed by atoms with van der Waals surface area (Å²) in [6.07, 6.45) is 0. The van der Waals surface area contributed by atoms with E-state index >= 15 is 0 Å². The van der Waals surface area contributed by atoms with Crippen LogP contribution in [0.3, 0.4) is 0 Å². The van der Waals surface area contributed by atoms with Gasteiger partial charge in [-0.2, -0.15) is 0 Å². The highest BCUT2D eigenvalue weighted by Crippen LogP contribution is 2.45. The van der Waals surface area contributed by atoms with Crippen LogP contribution in [-0.2, 0) is 9.53 Å². The third kappa shape index (κ3) is 3.67. The second-order valence-corrected chi connectivity index (χ2v) is 7.54. The summed E-state index contributed by atoms with van der Waals surface area (Å²) in [6.45, 7) is 1.34. The molecule has 0 saturated carbocycles. The smallest absolute Gasteiger partial charge is 0.270 e. The van der Waals surface area contributed by atoms with Crippen LogP contribution in [0, 0.1) is 17.7 Å². The zero-order valence-corrected chi connectivity index (χ0v) is 16.0. The van der Waals surface area contributed by atoms with Crippen molar-refractivity contribution < 1.29 is 18.7 Å². The fourth-order valence-electron chi connectivity index (χ4n) is 4.53. The normalized spacial score (nSPS) is 23.3. The van der Waals surface area contributed by atoms with Gasteiger partial charge in [0.25, 0.3) is 5.91 Å². The van der Waals surface area contributed by atoms with Gasteiger partial charge in [-0.3, -0.25) is 14.4 Å². The summed E-state index contributed by atoms with van der Waals surface area (Å²) in [5.41, 5.74) is 0.626. The second kappa shape index (κ2) is 7.79. The summed E-state index contributed by atoms with van der Waals surface area (Å²) in [5, 5.41) is 0. The summed E-state index contributed by atoms with van der Waals surface area (Å²) in [6, 6.07) is 10.4. The minimum Gasteiger partial charge on any atom is -0.375 e. The SMILES string of the molecule is COCC(=O)N1C[C@H]2CN(C(=O)c3cccc(=O)[nH]3)C[C@H]2[C@@H]1c1cccc(F)c1. The fraction of sp³-hybridized carbons (Fsp3) is 0.381. The van der Waals surface area contributed by atoms with Gasteiger partial charge in [0.15, 0.2) is 0 Å². The standard InChI is InChI=1S/C21H22FN3O4/c1-29-12-19(27)25-10-14-9-24(21(28)17-6-3-7-18(26)23-17)11-16(14)20(25)13-4-2-5-15(22)8-13/h2-8,14,16,20H,9-12H2,1H3,(H,23,26)/t14-,16-,20+/m1/s1. The average molecular weight is 399 g/mol. The molecule has 2 aliphatic rings. The van der Waals surface area contributed by atoms with Crippen LogP contribution < -0.4 is 5.56 Å². The first-order valence-corrected chi connectivity index (χ1v) is 9.50. The Balaban J connectivity index is 1.61. The molecule has 2 amide bonds. The van der Waals surface area contributed by atoms with Gasteiger partial charge in [-0.1, -0.05) is 18.2 Å². The van der Waals surface area contributed by atoms with E-state index in [0.29, 0.717) is 25.2 Å². The number of benzene rings is 1. The van der Waals surface area contributed by atoms with Crippen molar-refractivity contribution in [2.24, 2.45) is 11.8 Å². The molecular formula is C21H22FN3O4. The molecule has 1 N–H and O–H groups in total. The minimum absolute atomic E-state index is 0.0167. The number of carbonyl (C=O) groups is 2. The number of H-pyrrole nitrogens is 1. The number of carbonyl (C=O) groups excluding carboxylic acids is 2. The number of methoxy groups -OCH3 is 1. The number of rotatable bonds is 4. The number of hydrogen-bond acceptors (Lipinski definition) is 4. The number of likely N-dealkylation sites (tertiary alicyclic amines) is 2. The number of ether oxygens (including phenoxy) is 1. The molecule has 152 valence electrons. The van der Waals surface area contributed by atoms with Gasteiger partial charge in [-0.25, -0.2) is 4.39 Å². The predicted molar refractivity (Wildman–Crippen MR) is 103 cm³/mol. The molecule has 0 bridgehead atoms. The van der Waals surface area contributed by atoms with E-state index in [-0.39, 0.29) is 53.4 Å². The zero-order valence-electron chi connectivity index (χ0n) is 16.0. The summed E-state index contributed by atoms with van der Waals surface area (Å²) in [5.74, 6) is -0.704. The van der Waals surface area contributed by atoms with Gasteiger partial charge in [0.2, 0.25) is 11.5 Å². The van der Waals surface area contributed by atoms with E-state index in [4.69, 9.17) is 4.74 Å². The molecule has 3 atom stereocenters. The highest BCUT2D eigenvalue weighted by molar-refractivity contribution is 5.92.